The zero-order chi connectivity index (χ0) is 22.1. The number of nitrogens with one attached hydrogen (secondary N) is 2. The fraction of sp³-hybridized carbons (Fsp3) is 0.304. The molecule has 2 amide bonds. The van der Waals surface area contributed by atoms with Crippen molar-refractivity contribution in [2.45, 2.75) is 33.5 Å². The van der Waals surface area contributed by atoms with Crippen molar-refractivity contribution in [2.75, 3.05) is 17.3 Å². The van der Waals surface area contributed by atoms with Gasteiger partial charge in [0.1, 0.15) is 12.0 Å². The van der Waals surface area contributed by atoms with E-state index < -0.39 is 6.17 Å². The predicted molar refractivity (Wildman–Crippen MR) is 119 cm³/mol. The lowest BCUT2D eigenvalue weighted by atomic mass is 10.0. The van der Waals surface area contributed by atoms with Gasteiger partial charge in [0.05, 0.1) is 23.7 Å². The molecule has 0 saturated heterocycles. The molecule has 1 aromatic carbocycles. The number of aryl methyl sites for hydroxylation is 2. The van der Waals surface area contributed by atoms with Crippen molar-refractivity contribution in [1.82, 2.24) is 20.1 Å². The Labute approximate surface area is 181 Å². The molecule has 0 saturated carbocycles. The number of amides is 2. The number of para-hydroxylation sites is 1. The molecule has 0 bridgehead atoms. The maximum atomic E-state index is 12.9. The number of pyridine rings is 1. The van der Waals surface area contributed by atoms with Gasteiger partial charge in [0.15, 0.2) is 0 Å². The SMILES string of the molecule is Cc1cc(C)n(CC(C)C(=O)Nc2ccccc2C2NC(=O)c3cccnc3N2C)n1. The lowest BCUT2D eigenvalue weighted by molar-refractivity contribution is -0.119. The van der Waals surface area contributed by atoms with Crippen LogP contribution in [0.3, 0.4) is 0 Å². The lowest BCUT2D eigenvalue weighted by Crippen LogP contribution is -2.45. The first-order chi connectivity index (χ1) is 14.8. The molecule has 2 aromatic heterocycles. The highest BCUT2D eigenvalue weighted by Crippen LogP contribution is 2.33. The van der Waals surface area contributed by atoms with E-state index in [1.54, 1.807) is 18.3 Å². The van der Waals surface area contributed by atoms with Crippen LogP contribution in [0.4, 0.5) is 11.5 Å². The van der Waals surface area contributed by atoms with Crippen LogP contribution in [0.5, 0.6) is 0 Å². The van der Waals surface area contributed by atoms with Gasteiger partial charge < -0.3 is 15.5 Å². The van der Waals surface area contributed by atoms with E-state index in [2.05, 4.69) is 20.7 Å². The first-order valence-electron chi connectivity index (χ1n) is 10.2. The highest BCUT2D eigenvalue weighted by molar-refractivity contribution is 6.01. The summed E-state index contributed by atoms with van der Waals surface area (Å²) >= 11 is 0. The number of hydrogen-bond acceptors (Lipinski definition) is 5. The van der Waals surface area contributed by atoms with Crippen LogP contribution in [-0.4, -0.2) is 33.6 Å². The summed E-state index contributed by atoms with van der Waals surface area (Å²) in [4.78, 5) is 31.8. The van der Waals surface area contributed by atoms with E-state index in [4.69, 9.17) is 0 Å². The molecule has 0 radical (unpaired) electrons. The molecule has 160 valence electrons. The van der Waals surface area contributed by atoms with Crippen LogP contribution in [0.1, 0.15) is 40.4 Å². The van der Waals surface area contributed by atoms with E-state index in [1.807, 2.05) is 67.7 Å². The van der Waals surface area contributed by atoms with Crippen molar-refractivity contribution >= 4 is 23.3 Å². The maximum absolute atomic E-state index is 12.9. The molecule has 1 aliphatic heterocycles. The summed E-state index contributed by atoms with van der Waals surface area (Å²) in [7, 11) is 1.87. The quantitative estimate of drug-likeness (QED) is 0.664. The molecule has 3 aromatic rings. The zero-order valence-electron chi connectivity index (χ0n) is 18.1. The van der Waals surface area contributed by atoms with E-state index in [-0.39, 0.29) is 17.7 Å². The molecular weight excluding hydrogens is 392 g/mol. The van der Waals surface area contributed by atoms with Gasteiger partial charge >= 0.3 is 0 Å². The van der Waals surface area contributed by atoms with Gasteiger partial charge in [-0.3, -0.25) is 14.3 Å². The van der Waals surface area contributed by atoms with Crippen LogP contribution in [0.15, 0.2) is 48.7 Å². The Bertz CT molecular complexity index is 1140. The Balaban J connectivity index is 1.56. The zero-order valence-corrected chi connectivity index (χ0v) is 18.1. The molecule has 0 spiro atoms. The highest BCUT2D eigenvalue weighted by Gasteiger charge is 2.32. The summed E-state index contributed by atoms with van der Waals surface area (Å²) in [6, 6.07) is 13.0. The van der Waals surface area contributed by atoms with E-state index in [0.717, 1.165) is 17.0 Å². The number of carbonyl (C=O) groups is 2. The fourth-order valence-corrected chi connectivity index (χ4v) is 3.87. The first-order valence-corrected chi connectivity index (χ1v) is 10.2. The number of fused-ring (bicyclic) bond motifs is 1. The predicted octanol–water partition coefficient (Wildman–Crippen LogP) is 3.05. The Morgan fingerprint density at radius 1 is 1.23 bits per heavy atom. The number of rotatable bonds is 5. The van der Waals surface area contributed by atoms with Gasteiger partial charge in [-0.1, -0.05) is 25.1 Å². The second-order valence-corrected chi connectivity index (χ2v) is 7.95. The number of nitrogens with zero attached hydrogens (tertiary/aromatic N) is 4. The van der Waals surface area contributed by atoms with Crippen LogP contribution in [-0.2, 0) is 11.3 Å². The van der Waals surface area contributed by atoms with Crippen molar-refractivity contribution in [2.24, 2.45) is 5.92 Å². The molecule has 1 aliphatic rings. The molecule has 8 heteroatoms. The minimum Gasteiger partial charge on any atom is -0.335 e. The van der Waals surface area contributed by atoms with Gasteiger partial charge in [0, 0.05) is 30.2 Å². The number of carbonyl (C=O) groups excluding carboxylic acids is 2. The Morgan fingerprint density at radius 2 is 2.00 bits per heavy atom. The molecule has 2 unspecified atom stereocenters. The highest BCUT2D eigenvalue weighted by atomic mass is 16.2. The van der Waals surface area contributed by atoms with Crippen molar-refractivity contribution in [1.29, 1.82) is 0 Å². The first kappa shape index (κ1) is 20.6. The van der Waals surface area contributed by atoms with Crippen LogP contribution in [0.2, 0.25) is 0 Å². The third kappa shape index (κ3) is 4.01. The minimum absolute atomic E-state index is 0.108. The summed E-state index contributed by atoms with van der Waals surface area (Å²) in [5.74, 6) is 0.0240. The van der Waals surface area contributed by atoms with E-state index >= 15 is 0 Å². The molecule has 8 nitrogen and oxygen atoms in total. The molecule has 0 fully saturated rings. The van der Waals surface area contributed by atoms with E-state index in [0.29, 0.717) is 23.6 Å². The van der Waals surface area contributed by atoms with Crippen molar-refractivity contribution in [3.8, 4) is 0 Å². The molecule has 4 rings (SSSR count). The van der Waals surface area contributed by atoms with Crippen LogP contribution >= 0.6 is 0 Å². The Kier molecular flexibility index (Phi) is 5.46. The van der Waals surface area contributed by atoms with Gasteiger partial charge in [-0.25, -0.2) is 4.98 Å². The Morgan fingerprint density at radius 3 is 2.74 bits per heavy atom. The van der Waals surface area contributed by atoms with Crippen molar-refractivity contribution < 1.29 is 9.59 Å². The molecule has 2 N–H and O–H groups in total. The average Bonchev–Trinajstić information content (AvgIpc) is 3.07. The molecule has 2 atom stereocenters. The third-order valence-corrected chi connectivity index (χ3v) is 5.53. The summed E-state index contributed by atoms with van der Waals surface area (Å²) in [6.07, 6.45) is 1.22. The summed E-state index contributed by atoms with van der Waals surface area (Å²) in [5, 5.41) is 10.5. The second-order valence-electron chi connectivity index (χ2n) is 7.95. The molecular formula is C23H26N6O2. The van der Waals surface area contributed by atoms with E-state index in [9.17, 15) is 9.59 Å². The van der Waals surface area contributed by atoms with Gasteiger partial charge in [-0.2, -0.15) is 5.10 Å². The summed E-state index contributed by atoms with van der Waals surface area (Å²) < 4.78 is 1.85. The van der Waals surface area contributed by atoms with Gasteiger partial charge in [-0.15, -0.1) is 0 Å². The lowest BCUT2D eigenvalue weighted by Gasteiger charge is -2.36. The van der Waals surface area contributed by atoms with Crippen molar-refractivity contribution in [3.63, 3.8) is 0 Å². The Hall–Kier alpha value is -3.68. The van der Waals surface area contributed by atoms with Crippen LogP contribution in [0, 0.1) is 19.8 Å². The molecule has 3 heterocycles. The van der Waals surface area contributed by atoms with Crippen LogP contribution in [0.25, 0.3) is 0 Å². The standard InChI is InChI=1S/C23H26N6O2/c1-14(13-29-16(3)12-15(2)27-29)22(30)25-19-10-6-5-8-17(19)21-26-23(31)18-9-7-11-24-20(18)28(21)4/h5-12,14,21H,13H2,1-4H3,(H,25,30)(H,26,31). The topological polar surface area (TPSA) is 92.2 Å². The monoisotopic (exact) mass is 418 g/mol. The smallest absolute Gasteiger partial charge is 0.256 e. The van der Waals surface area contributed by atoms with Crippen LogP contribution < -0.4 is 15.5 Å². The summed E-state index contributed by atoms with van der Waals surface area (Å²) in [5.41, 5.74) is 3.93. The summed E-state index contributed by atoms with van der Waals surface area (Å²) in [6.45, 7) is 6.29. The number of benzene rings is 1. The van der Waals surface area contributed by atoms with Gasteiger partial charge in [0.2, 0.25) is 5.91 Å². The molecule has 0 aliphatic carbocycles. The largest absolute Gasteiger partial charge is 0.335 e. The third-order valence-electron chi connectivity index (χ3n) is 5.53. The van der Waals surface area contributed by atoms with Gasteiger partial charge in [-0.05, 0) is 38.1 Å². The fourth-order valence-electron chi connectivity index (χ4n) is 3.87. The molecule has 31 heavy (non-hydrogen) atoms. The van der Waals surface area contributed by atoms with E-state index in [1.165, 1.54) is 0 Å². The van der Waals surface area contributed by atoms with Gasteiger partial charge in [0.25, 0.3) is 5.91 Å². The van der Waals surface area contributed by atoms with Crippen molar-refractivity contribution in [3.05, 3.63) is 71.2 Å². The minimum atomic E-state index is -0.447. The maximum Gasteiger partial charge on any atom is 0.256 e. The number of anilines is 2. The second kappa shape index (κ2) is 8.22. The average molecular weight is 419 g/mol. The number of aromatic nitrogens is 3. The normalized spacial score (nSPS) is 16.5. The number of hydrogen-bond donors (Lipinski definition) is 2.